The Morgan fingerprint density at radius 1 is 1.53 bits per heavy atom. The van der Waals surface area contributed by atoms with Gasteiger partial charge >= 0.3 is 0 Å². The molecule has 0 aromatic heterocycles. The molecule has 1 aliphatic rings. The average molecular weight is 262 g/mol. The topological polar surface area (TPSA) is 52.6 Å². The lowest BCUT2D eigenvalue weighted by molar-refractivity contribution is -0.117. The van der Waals surface area contributed by atoms with Crippen molar-refractivity contribution < 1.29 is 9.90 Å². The van der Waals surface area contributed by atoms with Gasteiger partial charge in [0, 0.05) is 11.7 Å². The first-order valence-corrected chi connectivity index (χ1v) is 6.96. The quantitative estimate of drug-likeness (QED) is 0.848. The zero-order valence-electron chi connectivity index (χ0n) is 11.4. The molecule has 4 nitrogen and oxygen atoms in total. The van der Waals surface area contributed by atoms with Crippen LogP contribution in [0, 0.1) is 0 Å². The number of likely N-dealkylation sites (tertiary alicyclic amines) is 1. The first-order valence-electron chi connectivity index (χ1n) is 6.96. The SMILES string of the molecule is CCc1cccc(NC(=O)CN2CCC[C@H]2CO)c1. The fourth-order valence-electron chi connectivity index (χ4n) is 2.56. The Bertz CT molecular complexity index is 434. The molecule has 4 heteroatoms. The van der Waals surface area contributed by atoms with Gasteiger partial charge in [0.05, 0.1) is 13.2 Å². The van der Waals surface area contributed by atoms with Gasteiger partial charge in [-0.2, -0.15) is 0 Å². The van der Waals surface area contributed by atoms with E-state index in [9.17, 15) is 9.90 Å². The number of carbonyl (C=O) groups excluding carboxylic acids is 1. The van der Waals surface area contributed by atoms with Gasteiger partial charge in [0.1, 0.15) is 0 Å². The van der Waals surface area contributed by atoms with Gasteiger partial charge in [-0.3, -0.25) is 9.69 Å². The van der Waals surface area contributed by atoms with Crippen LogP contribution in [-0.2, 0) is 11.2 Å². The lowest BCUT2D eigenvalue weighted by atomic mass is 10.1. The van der Waals surface area contributed by atoms with Crippen LogP contribution in [0.25, 0.3) is 0 Å². The minimum Gasteiger partial charge on any atom is -0.395 e. The van der Waals surface area contributed by atoms with Crippen LogP contribution in [0.15, 0.2) is 24.3 Å². The molecule has 1 fully saturated rings. The summed E-state index contributed by atoms with van der Waals surface area (Å²) in [6.45, 7) is 3.49. The summed E-state index contributed by atoms with van der Waals surface area (Å²) in [5, 5.41) is 12.2. The van der Waals surface area contributed by atoms with E-state index < -0.39 is 0 Å². The van der Waals surface area contributed by atoms with Crippen molar-refractivity contribution in [3.63, 3.8) is 0 Å². The second-order valence-electron chi connectivity index (χ2n) is 5.05. The monoisotopic (exact) mass is 262 g/mol. The van der Waals surface area contributed by atoms with E-state index in [1.54, 1.807) is 0 Å². The second-order valence-corrected chi connectivity index (χ2v) is 5.05. The molecule has 1 heterocycles. The zero-order valence-corrected chi connectivity index (χ0v) is 11.4. The van der Waals surface area contributed by atoms with Crippen molar-refractivity contribution >= 4 is 11.6 Å². The molecule has 104 valence electrons. The normalized spacial score (nSPS) is 19.6. The number of nitrogens with zero attached hydrogens (tertiary/aromatic N) is 1. The summed E-state index contributed by atoms with van der Waals surface area (Å²) in [6.07, 6.45) is 3.00. The molecule has 0 saturated carbocycles. The molecule has 19 heavy (non-hydrogen) atoms. The van der Waals surface area contributed by atoms with Crippen molar-refractivity contribution in [1.29, 1.82) is 0 Å². The highest BCUT2D eigenvalue weighted by molar-refractivity contribution is 5.92. The predicted molar refractivity (Wildman–Crippen MR) is 76.1 cm³/mol. The Labute approximate surface area is 114 Å². The Balaban J connectivity index is 1.90. The number of aliphatic hydroxyl groups excluding tert-OH is 1. The Morgan fingerprint density at radius 2 is 2.37 bits per heavy atom. The number of anilines is 1. The average Bonchev–Trinajstić information content (AvgIpc) is 2.86. The van der Waals surface area contributed by atoms with Crippen molar-refractivity contribution in [1.82, 2.24) is 4.90 Å². The van der Waals surface area contributed by atoms with Gasteiger partial charge in [0.15, 0.2) is 0 Å². The molecular weight excluding hydrogens is 240 g/mol. The number of nitrogens with one attached hydrogen (secondary N) is 1. The van der Waals surface area contributed by atoms with Crippen LogP contribution in [0.5, 0.6) is 0 Å². The molecule has 1 atom stereocenters. The van der Waals surface area contributed by atoms with Gasteiger partial charge in [0.2, 0.25) is 5.91 Å². The molecule has 1 aromatic carbocycles. The van der Waals surface area contributed by atoms with Crippen molar-refractivity contribution in [2.75, 3.05) is 25.0 Å². The number of amides is 1. The minimum atomic E-state index is -0.00592. The first kappa shape index (κ1) is 14.0. The molecule has 2 N–H and O–H groups in total. The maximum atomic E-state index is 12.0. The summed E-state index contributed by atoms with van der Waals surface area (Å²) >= 11 is 0. The lowest BCUT2D eigenvalue weighted by Gasteiger charge is -2.21. The molecule has 1 aromatic rings. The van der Waals surface area contributed by atoms with Crippen LogP contribution in [0.1, 0.15) is 25.3 Å². The Kier molecular flexibility index (Phi) is 4.93. The summed E-state index contributed by atoms with van der Waals surface area (Å²) in [4.78, 5) is 14.0. The van der Waals surface area contributed by atoms with Crippen molar-refractivity contribution in [3.05, 3.63) is 29.8 Å². The number of rotatable bonds is 5. The summed E-state index contributed by atoms with van der Waals surface area (Å²) < 4.78 is 0. The summed E-state index contributed by atoms with van der Waals surface area (Å²) in [7, 11) is 0. The van der Waals surface area contributed by atoms with Crippen LogP contribution in [0.4, 0.5) is 5.69 Å². The molecule has 0 radical (unpaired) electrons. The van der Waals surface area contributed by atoms with Gasteiger partial charge < -0.3 is 10.4 Å². The van der Waals surface area contributed by atoms with E-state index in [0.29, 0.717) is 6.54 Å². The van der Waals surface area contributed by atoms with Gasteiger partial charge in [-0.25, -0.2) is 0 Å². The largest absolute Gasteiger partial charge is 0.395 e. The molecule has 0 bridgehead atoms. The van der Waals surface area contributed by atoms with Crippen LogP contribution in [0.3, 0.4) is 0 Å². The molecule has 1 saturated heterocycles. The fourth-order valence-corrected chi connectivity index (χ4v) is 2.56. The van der Waals surface area contributed by atoms with Crippen molar-refractivity contribution in [3.8, 4) is 0 Å². The number of aryl methyl sites for hydroxylation is 1. The molecule has 0 unspecified atom stereocenters. The standard InChI is InChI=1S/C15H22N2O2/c1-2-12-5-3-6-13(9-12)16-15(19)10-17-8-4-7-14(17)11-18/h3,5-6,9,14,18H,2,4,7-8,10-11H2,1H3,(H,16,19)/t14-/m0/s1. The van der Waals surface area contributed by atoms with Gasteiger partial charge in [-0.1, -0.05) is 19.1 Å². The van der Waals surface area contributed by atoms with Crippen LogP contribution in [0.2, 0.25) is 0 Å². The number of benzene rings is 1. The third-order valence-corrected chi connectivity index (χ3v) is 3.68. The first-order chi connectivity index (χ1) is 9.22. The van der Waals surface area contributed by atoms with E-state index in [-0.39, 0.29) is 18.6 Å². The zero-order chi connectivity index (χ0) is 13.7. The molecular formula is C15H22N2O2. The number of carbonyl (C=O) groups is 1. The smallest absolute Gasteiger partial charge is 0.238 e. The van der Waals surface area contributed by atoms with Crippen LogP contribution >= 0.6 is 0 Å². The number of hydrogen-bond acceptors (Lipinski definition) is 3. The van der Waals surface area contributed by atoms with E-state index in [0.717, 1.165) is 31.5 Å². The Morgan fingerprint density at radius 3 is 3.11 bits per heavy atom. The van der Waals surface area contributed by atoms with E-state index in [4.69, 9.17) is 0 Å². The van der Waals surface area contributed by atoms with E-state index in [1.807, 2.05) is 18.2 Å². The second kappa shape index (κ2) is 6.68. The number of hydrogen-bond donors (Lipinski definition) is 2. The van der Waals surface area contributed by atoms with Gasteiger partial charge in [-0.05, 0) is 43.5 Å². The van der Waals surface area contributed by atoms with Gasteiger partial charge in [-0.15, -0.1) is 0 Å². The highest BCUT2D eigenvalue weighted by Crippen LogP contribution is 2.16. The van der Waals surface area contributed by atoms with Crippen molar-refractivity contribution in [2.45, 2.75) is 32.2 Å². The number of aliphatic hydroxyl groups is 1. The summed E-state index contributed by atoms with van der Waals surface area (Å²) in [6, 6.07) is 8.07. The van der Waals surface area contributed by atoms with Gasteiger partial charge in [0.25, 0.3) is 0 Å². The summed E-state index contributed by atoms with van der Waals surface area (Å²) in [5.74, 6) is -0.00592. The Hall–Kier alpha value is -1.39. The third kappa shape index (κ3) is 3.78. The molecule has 0 spiro atoms. The summed E-state index contributed by atoms with van der Waals surface area (Å²) in [5.41, 5.74) is 2.07. The van der Waals surface area contributed by atoms with Crippen LogP contribution < -0.4 is 5.32 Å². The van der Waals surface area contributed by atoms with E-state index in [1.165, 1.54) is 5.56 Å². The lowest BCUT2D eigenvalue weighted by Crippen LogP contribution is -2.38. The predicted octanol–water partition coefficient (Wildman–Crippen LogP) is 1.64. The fraction of sp³-hybridized carbons (Fsp3) is 0.533. The van der Waals surface area contributed by atoms with Crippen LogP contribution in [-0.4, -0.2) is 41.7 Å². The highest BCUT2D eigenvalue weighted by atomic mass is 16.3. The van der Waals surface area contributed by atoms with E-state index >= 15 is 0 Å². The molecule has 2 rings (SSSR count). The molecule has 1 amide bonds. The highest BCUT2D eigenvalue weighted by Gasteiger charge is 2.25. The maximum Gasteiger partial charge on any atom is 0.238 e. The van der Waals surface area contributed by atoms with E-state index in [2.05, 4.69) is 23.2 Å². The van der Waals surface area contributed by atoms with Crippen molar-refractivity contribution in [2.24, 2.45) is 0 Å². The third-order valence-electron chi connectivity index (χ3n) is 3.68. The molecule has 0 aliphatic carbocycles. The minimum absolute atomic E-state index is 0.00592. The molecule has 1 aliphatic heterocycles. The maximum absolute atomic E-state index is 12.0.